The maximum Gasteiger partial charge on any atom is 0.346 e. The monoisotopic (exact) mass is 245 g/mol. The average molecular weight is 245 g/mol. The number of para-hydroxylation sites is 1. The number of hydrogen-bond donors (Lipinski definition) is 2. The Morgan fingerprint density at radius 2 is 2.06 bits per heavy atom. The van der Waals surface area contributed by atoms with Crippen molar-refractivity contribution in [3.8, 4) is 5.69 Å². The molecule has 0 amide bonds. The number of carbonyl (C=O) groups is 1. The molecule has 0 atom stereocenters. The second-order valence-corrected chi connectivity index (χ2v) is 3.66. The van der Waals surface area contributed by atoms with Crippen molar-refractivity contribution in [3.63, 3.8) is 0 Å². The topological polar surface area (TPSA) is 87.5 Å². The van der Waals surface area contributed by atoms with E-state index in [0.29, 0.717) is 17.6 Å². The molecule has 1 aromatic carbocycles. The first-order valence-corrected chi connectivity index (χ1v) is 5.23. The molecule has 0 bridgehead atoms. The smallest absolute Gasteiger partial charge is 0.346 e. The number of carboxylic acid groups (broad SMARTS) is 1. The number of aromatic nitrogens is 2. The van der Waals surface area contributed by atoms with E-state index in [1.54, 1.807) is 31.2 Å². The lowest BCUT2D eigenvalue weighted by molar-refractivity contribution is -0.128. The van der Waals surface area contributed by atoms with Crippen molar-refractivity contribution in [2.75, 3.05) is 0 Å². The molecule has 0 unspecified atom stereocenters. The predicted molar refractivity (Wildman–Crippen MR) is 66.9 cm³/mol. The van der Waals surface area contributed by atoms with Crippen LogP contribution in [0, 0.1) is 6.92 Å². The maximum atomic E-state index is 12.0. The highest BCUT2D eigenvalue weighted by Gasteiger charge is 2.11. The number of aryl methyl sites for hydroxylation is 1. The minimum atomic E-state index is -1.19. The summed E-state index contributed by atoms with van der Waals surface area (Å²) < 4.78 is 1.32. The van der Waals surface area contributed by atoms with Gasteiger partial charge in [0.1, 0.15) is 6.21 Å². The molecule has 1 aromatic heterocycles. The third kappa shape index (κ3) is 2.22. The number of H-pyrrole nitrogens is 1. The van der Waals surface area contributed by atoms with Crippen molar-refractivity contribution in [2.24, 2.45) is 4.99 Å². The Balaban J connectivity index is 2.51. The van der Waals surface area contributed by atoms with Gasteiger partial charge >= 0.3 is 5.97 Å². The van der Waals surface area contributed by atoms with E-state index in [9.17, 15) is 9.59 Å². The van der Waals surface area contributed by atoms with Crippen LogP contribution in [0.15, 0.2) is 40.1 Å². The lowest BCUT2D eigenvalue weighted by Gasteiger charge is -1.99. The van der Waals surface area contributed by atoms with Gasteiger partial charge in [0.25, 0.3) is 5.56 Å². The molecular weight excluding hydrogens is 234 g/mol. The summed E-state index contributed by atoms with van der Waals surface area (Å²) >= 11 is 0. The molecule has 0 saturated heterocycles. The van der Waals surface area contributed by atoms with Crippen molar-refractivity contribution in [1.82, 2.24) is 9.78 Å². The summed E-state index contributed by atoms with van der Waals surface area (Å²) in [4.78, 5) is 26.1. The molecule has 0 aliphatic carbocycles. The molecule has 0 spiro atoms. The Labute approximate surface area is 102 Å². The number of nitrogens with zero attached hydrogens (tertiary/aromatic N) is 2. The van der Waals surface area contributed by atoms with Gasteiger partial charge in [-0.25, -0.2) is 14.5 Å². The first-order chi connectivity index (χ1) is 8.59. The summed E-state index contributed by atoms with van der Waals surface area (Å²) in [7, 11) is 0. The Morgan fingerprint density at radius 3 is 2.67 bits per heavy atom. The van der Waals surface area contributed by atoms with Gasteiger partial charge in [0.2, 0.25) is 0 Å². The highest BCUT2D eigenvalue weighted by atomic mass is 16.4. The van der Waals surface area contributed by atoms with Crippen LogP contribution in [0.5, 0.6) is 0 Å². The van der Waals surface area contributed by atoms with Crippen molar-refractivity contribution >= 4 is 17.9 Å². The van der Waals surface area contributed by atoms with E-state index < -0.39 is 5.97 Å². The van der Waals surface area contributed by atoms with E-state index in [0.717, 1.165) is 0 Å². The van der Waals surface area contributed by atoms with E-state index in [1.807, 2.05) is 6.07 Å². The van der Waals surface area contributed by atoms with E-state index >= 15 is 0 Å². The van der Waals surface area contributed by atoms with E-state index in [2.05, 4.69) is 10.1 Å². The van der Waals surface area contributed by atoms with Crippen molar-refractivity contribution in [3.05, 3.63) is 46.4 Å². The Hall–Kier alpha value is -2.63. The first-order valence-electron chi connectivity index (χ1n) is 5.23. The van der Waals surface area contributed by atoms with Crippen LogP contribution in [-0.4, -0.2) is 27.1 Å². The Morgan fingerprint density at radius 1 is 1.39 bits per heavy atom. The van der Waals surface area contributed by atoms with Gasteiger partial charge in [-0.2, -0.15) is 0 Å². The van der Waals surface area contributed by atoms with Crippen LogP contribution < -0.4 is 5.56 Å². The molecular formula is C12H11N3O3. The Bertz CT molecular complexity index is 653. The number of nitrogens with one attached hydrogen (secondary N) is 1. The zero-order chi connectivity index (χ0) is 13.1. The molecule has 92 valence electrons. The van der Waals surface area contributed by atoms with Gasteiger partial charge in [-0.05, 0) is 19.1 Å². The minimum absolute atomic E-state index is 0.0984. The summed E-state index contributed by atoms with van der Waals surface area (Å²) in [6, 6.07) is 8.98. The molecule has 1 heterocycles. The molecule has 6 heteroatoms. The summed E-state index contributed by atoms with van der Waals surface area (Å²) in [5, 5.41) is 11.4. The maximum absolute atomic E-state index is 12.0. The SMILES string of the molecule is Cc1[nH]n(-c2ccccc2)c(=O)c1N=CC(=O)O. The molecule has 0 radical (unpaired) electrons. The summed E-state index contributed by atoms with van der Waals surface area (Å²) in [6.45, 7) is 1.66. The number of rotatable bonds is 3. The van der Waals surface area contributed by atoms with Crippen LogP contribution in [-0.2, 0) is 4.79 Å². The highest BCUT2D eigenvalue weighted by Crippen LogP contribution is 2.12. The third-order valence-electron chi connectivity index (χ3n) is 2.36. The number of aromatic amines is 1. The van der Waals surface area contributed by atoms with E-state index in [-0.39, 0.29) is 11.2 Å². The van der Waals surface area contributed by atoms with Gasteiger partial charge in [-0.15, -0.1) is 0 Å². The zero-order valence-corrected chi connectivity index (χ0v) is 9.62. The minimum Gasteiger partial charge on any atom is -0.477 e. The first kappa shape index (κ1) is 11.8. The van der Waals surface area contributed by atoms with Crippen LogP contribution in [0.3, 0.4) is 0 Å². The van der Waals surface area contributed by atoms with Crippen molar-refractivity contribution in [2.45, 2.75) is 6.92 Å². The number of carboxylic acids is 1. The molecule has 0 saturated carbocycles. The molecule has 0 aliphatic heterocycles. The molecule has 2 aromatic rings. The van der Waals surface area contributed by atoms with Gasteiger partial charge in [0.05, 0.1) is 11.4 Å². The highest BCUT2D eigenvalue weighted by molar-refractivity contribution is 6.22. The second-order valence-electron chi connectivity index (χ2n) is 3.66. The normalized spacial score (nSPS) is 10.9. The second kappa shape index (κ2) is 4.70. The van der Waals surface area contributed by atoms with Gasteiger partial charge in [-0.1, -0.05) is 18.2 Å². The van der Waals surface area contributed by atoms with Crippen LogP contribution in [0.4, 0.5) is 5.69 Å². The average Bonchev–Trinajstić information content (AvgIpc) is 2.63. The quantitative estimate of drug-likeness (QED) is 0.798. The largest absolute Gasteiger partial charge is 0.477 e. The van der Waals surface area contributed by atoms with E-state index in [4.69, 9.17) is 5.11 Å². The van der Waals surface area contributed by atoms with Gasteiger partial charge < -0.3 is 5.11 Å². The lowest BCUT2D eigenvalue weighted by atomic mass is 10.3. The van der Waals surface area contributed by atoms with Crippen LogP contribution in [0.1, 0.15) is 5.69 Å². The van der Waals surface area contributed by atoms with Crippen LogP contribution in [0.25, 0.3) is 5.69 Å². The number of benzene rings is 1. The third-order valence-corrected chi connectivity index (χ3v) is 2.36. The molecule has 0 aliphatic rings. The van der Waals surface area contributed by atoms with E-state index in [1.165, 1.54) is 4.68 Å². The molecule has 18 heavy (non-hydrogen) atoms. The number of aliphatic carboxylic acids is 1. The summed E-state index contributed by atoms with van der Waals surface area (Å²) in [5.41, 5.74) is 0.904. The van der Waals surface area contributed by atoms with Crippen LogP contribution in [0.2, 0.25) is 0 Å². The number of aliphatic imine (C=N–C) groups is 1. The molecule has 6 nitrogen and oxygen atoms in total. The fraction of sp³-hybridized carbons (Fsp3) is 0.0833. The summed E-state index contributed by atoms with van der Waals surface area (Å²) in [5.74, 6) is -1.19. The fourth-order valence-corrected chi connectivity index (χ4v) is 1.57. The Kier molecular flexibility index (Phi) is 3.09. The van der Waals surface area contributed by atoms with Crippen molar-refractivity contribution < 1.29 is 9.90 Å². The van der Waals surface area contributed by atoms with Gasteiger partial charge in [-0.3, -0.25) is 9.89 Å². The standard InChI is InChI=1S/C12H11N3O3/c1-8-11(13-7-10(16)17)12(18)15(14-8)9-5-3-2-4-6-9/h2-7,14H,1H3,(H,16,17). The lowest BCUT2D eigenvalue weighted by Crippen LogP contribution is -2.14. The fourth-order valence-electron chi connectivity index (χ4n) is 1.57. The van der Waals surface area contributed by atoms with Crippen molar-refractivity contribution in [1.29, 1.82) is 0 Å². The zero-order valence-electron chi connectivity index (χ0n) is 9.62. The molecule has 2 rings (SSSR count). The predicted octanol–water partition coefficient (Wildman–Crippen LogP) is 1.26. The number of hydrogen-bond acceptors (Lipinski definition) is 3. The van der Waals surface area contributed by atoms with Gasteiger partial charge in [0.15, 0.2) is 5.69 Å². The van der Waals surface area contributed by atoms with Gasteiger partial charge in [0, 0.05) is 0 Å². The summed E-state index contributed by atoms with van der Waals surface area (Å²) in [6.07, 6.45) is 0.701. The molecule has 0 fully saturated rings. The molecule has 2 N–H and O–H groups in total. The van der Waals surface area contributed by atoms with Crippen LogP contribution >= 0.6 is 0 Å².